The van der Waals surface area contributed by atoms with E-state index in [1.807, 2.05) is 6.07 Å². The van der Waals surface area contributed by atoms with Crippen LogP contribution in [-0.4, -0.2) is 42.1 Å². The van der Waals surface area contributed by atoms with Gasteiger partial charge in [-0.3, -0.25) is 4.90 Å². The van der Waals surface area contributed by atoms with E-state index in [1.165, 1.54) is 6.42 Å². The first-order valence-electron chi connectivity index (χ1n) is 6.93. The molecule has 1 saturated heterocycles. The number of rotatable bonds is 5. The number of hydrogen-bond donors (Lipinski definition) is 1. The molecule has 0 bridgehead atoms. The molecule has 0 radical (unpaired) electrons. The van der Waals surface area contributed by atoms with E-state index in [-0.39, 0.29) is 0 Å². The first-order chi connectivity index (χ1) is 8.78. The van der Waals surface area contributed by atoms with Gasteiger partial charge in [0.15, 0.2) is 0 Å². The molecule has 1 aliphatic heterocycles. The molecule has 0 saturated carbocycles. The SMILES string of the molecule is CCN(CC)C1CCN(c2cccc(CN)n2)C1. The van der Waals surface area contributed by atoms with E-state index in [9.17, 15) is 0 Å². The molecule has 0 amide bonds. The van der Waals surface area contributed by atoms with Crippen molar-refractivity contribution < 1.29 is 0 Å². The van der Waals surface area contributed by atoms with Crippen LogP contribution in [0.2, 0.25) is 0 Å². The van der Waals surface area contributed by atoms with Gasteiger partial charge < -0.3 is 10.6 Å². The van der Waals surface area contributed by atoms with Crippen molar-refractivity contribution in [2.75, 3.05) is 31.1 Å². The molecule has 1 aliphatic rings. The zero-order chi connectivity index (χ0) is 13.0. The van der Waals surface area contributed by atoms with Crippen LogP contribution < -0.4 is 10.6 Å². The van der Waals surface area contributed by atoms with E-state index in [2.05, 4.69) is 40.8 Å². The fraction of sp³-hybridized carbons (Fsp3) is 0.643. The molecule has 0 spiro atoms. The molecule has 2 rings (SSSR count). The first kappa shape index (κ1) is 13.3. The van der Waals surface area contributed by atoms with Crippen LogP contribution in [0.25, 0.3) is 0 Å². The van der Waals surface area contributed by atoms with Gasteiger partial charge in [-0.2, -0.15) is 0 Å². The van der Waals surface area contributed by atoms with Gasteiger partial charge in [0.1, 0.15) is 5.82 Å². The van der Waals surface area contributed by atoms with Gasteiger partial charge in [-0.15, -0.1) is 0 Å². The monoisotopic (exact) mass is 248 g/mol. The summed E-state index contributed by atoms with van der Waals surface area (Å²) in [6, 6.07) is 6.80. The van der Waals surface area contributed by atoms with Gasteiger partial charge in [-0.1, -0.05) is 19.9 Å². The molecule has 100 valence electrons. The van der Waals surface area contributed by atoms with Gasteiger partial charge in [-0.25, -0.2) is 4.98 Å². The average Bonchev–Trinajstić information content (AvgIpc) is 2.90. The van der Waals surface area contributed by atoms with Crippen LogP contribution in [0.1, 0.15) is 26.0 Å². The highest BCUT2D eigenvalue weighted by Crippen LogP contribution is 2.21. The summed E-state index contributed by atoms with van der Waals surface area (Å²) in [6.07, 6.45) is 1.23. The van der Waals surface area contributed by atoms with Crippen molar-refractivity contribution in [3.8, 4) is 0 Å². The van der Waals surface area contributed by atoms with Gasteiger partial charge in [0.05, 0.1) is 5.69 Å². The minimum atomic E-state index is 0.515. The molecule has 1 unspecified atom stereocenters. The Hall–Kier alpha value is -1.13. The summed E-state index contributed by atoms with van der Waals surface area (Å²) in [4.78, 5) is 9.51. The molecular formula is C14H24N4. The molecule has 4 heteroatoms. The minimum Gasteiger partial charge on any atom is -0.355 e. The van der Waals surface area contributed by atoms with E-state index in [4.69, 9.17) is 5.73 Å². The third kappa shape index (κ3) is 2.82. The van der Waals surface area contributed by atoms with Crippen molar-refractivity contribution in [3.63, 3.8) is 0 Å². The normalized spacial score (nSPS) is 19.8. The highest BCUT2D eigenvalue weighted by molar-refractivity contribution is 5.41. The second-order valence-corrected chi connectivity index (χ2v) is 4.80. The lowest BCUT2D eigenvalue weighted by molar-refractivity contribution is 0.232. The summed E-state index contributed by atoms with van der Waals surface area (Å²) in [7, 11) is 0. The smallest absolute Gasteiger partial charge is 0.128 e. The third-order valence-corrected chi connectivity index (χ3v) is 3.82. The van der Waals surface area contributed by atoms with Crippen LogP contribution in [0, 0.1) is 0 Å². The number of aromatic nitrogens is 1. The van der Waals surface area contributed by atoms with Crippen molar-refractivity contribution in [2.45, 2.75) is 32.9 Å². The summed E-state index contributed by atoms with van der Waals surface area (Å²) in [5.74, 6) is 1.08. The maximum absolute atomic E-state index is 5.65. The highest BCUT2D eigenvalue weighted by Gasteiger charge is 2.26. The summed E-state index contributed by atoms with van der Waals surface area (Å²) in [5.41, 5.74) is 6.62. The lowest BCUT2D eigenvalue weighted by atomic mass is 10.2. The quantitative estimate of drug-likeness (QED) is 0.857. The van der Waals surface area contributed by atoms with Crippen LogP contribution in [0.15, 0.2) is 18.2 Å². The Morgan fingerprint density at radius 3 is 2.83 bits per heavy atom. The largest absolute Gasteiger partial charge is 0.355 e. The summed E-state index contributed by atoms with van der Waals surface area (Å²) >= 11 is 0. The summed E-state index contributed by atoms with van der Waals surface area (Å²) < 4.78 is 0. The number of nitrogens with two attached hydrogens (primary N) is 1. The molecule has 2 heterocycles. The Bertz CT molecular complexity index is 376. The van der Waals surface area contributed by atoms with Crippen LogP contribution in [0.4, 0.5) is 5.82 Å². The number of likely N-dealkylation sites (N-methyl/N-ethyl adjacent to an activating group) is 1. The van der Waals surface area contributed by atoms with E-state index in [0.717, 1.165) is 37.7 Å². The number of nitrogens with zero attached hydrogens (tertiary/aromatic N) is 3. The predicted octanol–water partition coefficient (Wildman–Crippen LogP) is 1.46. The number of anilines is 1. The Labute approximate surface area is 110 Å². The topological polar surface area (TPSA) is 45.4 Å². The molecule has 1 aromatic heterocycles. The Morgan fingerprint density at radius 2 is 2.17 bits per heavy atom. The van der Waals surface area contributed by atoms with E-state index < -0.39 is 0 Å². The molecule has 4 nitrogen and oxygen atoms in total. The maximum atomic E-state index is 5.65. The van der Waals surface area contributed by atoms with Gasteiger partial charge in [0.25, 0.3) is 0 Å². The van der Waals surface area contributed by atoms with Crippen molar-refractivity contribution in [3.05, 3.63) is 23.9 Å². The minimum absolute atomic E-state index is 0.515. The van der Waals surface area contributed by atoms with Gasteiger partial charge in [-0.05, 0) is 31.6 Å². The Kier molecular flexibility index (Phi) is 4.55. The fourth-order valence-electron chi connectivity index (χ4n) is 2.74. The zero-order valence-corrected chi connectivity index (χ0v) is 11.5. The molecule has 2 N–H and O–H groups in total. The number of hydrogen-bond acceptors (Lipinski definition) is 4. The van der Waals surface area contributed by atoms with Gasteiger partial charge in [0, 0.05) is 25.7 Å². The van der Waals surface area contributed by atoms with Crippen LogP contribution in [-0.2, 0) is 6.54 Å². The average molecular weight is 248 g/mol. The second-order valence-electron chi connectivity index (χ2n) is 4.80. The molecule has 1 fully saturated rings. The van der Waals surface area contributed by atoms with Crippen molar-refractivity contribution in [1.29, 1.82) is 0 Å². The maximum Gasteiger partial charge on any atom is 0.128 e. The van der Waals surface area contributed by atoms with Crippen LogP contribution >= 0.6 is 0 Å². The van der Waals surface area contributed by atoms with Crippen molar-refractivity contribution >= 4 is 5.82 Å². The predicted molar refractivity (Wildman–Crippen MR) is 75.7 cm³/mol. The Morgan fingerprint density at radius 1 is 1.39 bits per heavy atom. The van der Waals surface area contributed by atoms with Crippen molar-refractivity contribution in [2.24, 2.45) is 5.73 Å². The first-order valence-corrected chi connectivity index (χ1v) is 6.93. The second kappa shape index (κ2) is 6.16. The molecule has 1 aromatic rings. The lowest BCUT2D eigenvalue weighted by Crippen LogP contribution is -2.37. The molecule has 0 aliphatic carbocycles. The van der Waals surface area contributed by atoms with E-state index >= 15 is 0 Å². The number of pyridine rings is 1. The fourth-order valence-corrected chi connectivity index (χ4v) is 2.74. The molecule has 0 aromatic carbocycles. The van der Waals surface area contributed by atoms with Crippen LogP contribution in [0.3, 0.4) is 0 Å². The molecule has 1 atom stereocenters. The van der Waals surface area contributed by atoms with Gasteiger partial charge in [0.2, 0.25) is 0 Å². The lowest BCUT2D eigenvalue weighted by Gasteiger charge is -2.26. The van der Waals surface area contributed by atoms with Crippen molar-refractivity contribution in [1.82, 2.24) is 9.88 Å². The summed E-state index contributed by atoms with van der Waals surface area (Å²) in [5, 5.41) is 0. The van der Waals surface area contributed by atoms with Crippen LogP contribution in [0.5, 0.6) is 0 Å². The molecule has 18 heavy (non-hydrogen) atoms. The molecular weight excluding hydrogens is 224 g/mol. The summed E-state index contributed by atoms with van der Waals surface area (Å²) in [6.45, 7) is 9.43. The van der Waals surface area contributed by atoms with Gasteiger partial charge >= 0.3 is 0 Å². The third-order valence-electron chi connectivity index (χ3n) is 3.82. The highest BCUT2D eigenvalue weighted by atomic mass is 15.3. The zero-order valence-electron chi connectivity index (χ0n) is 11.5. The van der Waals surface area contributed by atoms with E-state index in [1.54, 1.807) is 0 Å². The standard InChI is InChI=1S/C14H24N4/c1-3-17(4-2)13-8-9-18(11-13)14-7-5-6-12(10-15)16-14/h5-7,13H,3-4,8-11,15H2,1-2H3. The Balaban J connectivity index is 2.03. The van der Waals surface area contributed by atoms with E-state index in [0.29, 0.717) is 12.6 Å².